The molecule has 1 aliphatic rings. The van der Waals surface area contributed by atoms with Crippen LogP contribution in [0.3, 0.4) is 0 Å². The molecule has 1 fully saturated rings. The maximum absolute atomic E-state index is 12.8. The van der Waals surface area contributed by atoms with Gasteiger partial charge >= 0.3 is 6.18 Å². The van der Waals surface area contributed by atoms with E-state index in [-0.39, 0.29) is 12.4 Å². The largest absolute Gasteiger partial charge is 0.416 e. The first-order valence-electron chi connectivity index (χ1n) is 8.14. The zero-order chi connectivity index (χ0) is 18.9. The molecule has 9 heteroatoms. The number of hydrogen-bond acceptors (Lipinski definition) is 3. The fraction of sp³-hybridized carbons (Fsp3) is 0.333. The average molecular weight is 421 g/mol. The molecule has 27 heavy (non-hydrogen) atoms. The van der Waals surface area contributed by atoms with Crippen molar-refractivity contribution in [3.63, 3.8) is 0 Å². The average Bonchev–Trinajstić information content (AvgIpc) is 3.01. The highest BCUT2D eigenvalue weighted by Crippen LogP contribution is 2.31. The molecule has 148 valence electrons. The first-order chi connectivity index (χ1) is 12.1. The molecule has 1 atom stereocenters. The lowest BCUT2D eigenvalue weighted by Gasteiger charge is -2.14. The minimum atomic E-state index is -4.60. The molecule has 4 nitrogen and oxygen atoms in total. The second-order valence-electron chi connectivity index (χ2n) is 6.50. The van der Waals surface area contributed by atoms with Gasteiger partial charge in [0.05, 0.1) is 10.5 Å². The summed E-state index contributed by atoms with van der Waals surface area (Å²) in [6.45, 7) is 1.87. The van der Waals surface area contributed by atoms with Crippen molar-refractivity contribution in [1.29, 1.82) is 0 Å². The maximum Gasteiger partial charge on any atom is 0.416 e. The second kappa shape index (κ2) is 8.08. The quantitative estimate of drug-likeness (QED) is 0.800. The van der Waals surface area contributed by atoms with Crippen LogP contribution in [0.2, 0.25) is 0 Å². The van der Waals surface area contributed by atoms with Crippen molar-refractivity contribution in [2.24, 2.45) is 0 Å². The first-order valence-corrected chi connectivity index (χ1v) is 9.62. The highest BCUT2D eigenvalue weighted by Gasteiger charge is 2.31. The van der Waals surface area contributed by atoms with Gasteiger partial charge in [-0.3, -0.25) is 4.72 Å². The van der Waals surface area contributed by atoms with E-state index in [1.54, 1.807) is 18.2 Å². The van der Waals surface area contributed by atoms with Crippen LogP contribution in [0.5, 0.6) is 0 Å². The summed E-state index contributed by atoms with van der Waals surface area (Å²) in [5, 5.41) is 0. The van der Waals surface area contributed by atoms with E-state index in [9.17, 15) is 21.6 Å². The first kappa shape index (κ1) is 21.5. The van der Waals surface area contributed by atoms with Crippen LogP contribution in [0.1, 0.15) is 23.5 Å². The second-order valence-corrected chi connectivity index (χ2v) is 8.19. The van der Waals surface area contributed by atoms with E-state index in [4.69, 9.17) is 0 Å². The fourth-order valence-corrected chi connectivity index (χ4v) is 4.21. The van der Waals surface area contributed by atoms with E-state index in [0.29, 0.717) is 17.7 Å². The summed E-state index contributed by atoms with van der Waals surface area (Å²) < 4.78 is 65.8. The summed E-state index contributed by atoms with van der Waals surface area (Å²) in [4.78, 5) is 1.78. The lowest BCUT2D eigenvalue weighted by molar-refractivity contribution is -0.137. The summed E-state index contributed by atoms with van der Waals surface area (Å²) in [5.74, 6) is 0.318. The molecule has 0 aliphatic carbocycles. The third-order valence-electron chi connectivity index (χ3n) is 4.47. The minimum Gasteiger partial charge on any atom is -0.306 e. The smallest absolute Gasteiger partial charge is 0.306 e. The van der Waals surface area contributed by atoms with Gasteiger partial charge in [0.25, 0.3) is 10.0 Å². The number of rotatable bonds is 4. The topological polar surface area (TPSA) is 49.4 Å². The van der Waals surface area contributed by atoms with Gasteiger partial charge in [0.2, 0.25) is 0 Å². The molecule has 0 bridgehead atoms. The molecule has 1 N–H and O–H groups in total. The Morgan fingerprint density at radius 1 is 1.11 bits per heavy atom. The van der Waals surface area contributed by atoms with Crippen molar-refractivity contribution in [1.82, 2.24) is 4.90 Å². The van der Waals surface area contributed by atoms with E-state index in [2.05, 4.69) is 9.62 Å². The number of likely N-dealkylation sites (tertiary alicyclic amines) is 1. The van der Waals surface area contributed by atoms with Gasteiger partial charge in [0.15, 0.2) is 0 Å². The molecular formula is C18H20ClF3N2O2S. The van der Waals surface area contributed by atoms with E-state index in [1.165, 1.54) is 0 Å². The van der Waals surface area contributed by atoms with E-state index in [0.717, 1.165) is 43.3 Å². The summed E-state index contributed by atoms with van der Waals surface area (Å²) >= 11 is 0. The molecule has 1 aliphatic heterocycles. The molecule has 3 rings (SSSR count). The minimum absolute atomic E-state index is 0. The van der Waals surface area contributed by atoms with Crippen LogP contribution in [0, 0.1) is 0 Å². The molecule has 0 radical (unpaired) electrons. The Labute approximate surface area is 162 Å². The zero-order valence-electron chi connectivity index (χ0n) is 14.5. The third kappa shape index (κ3) is 5.15. The van der Waals surface area contributed by atoms with Crippen LogP contribution in [-0.2, 0) is 16.2 Å². The van der Waals surface area contributed by atoms with Gasteiger partial charge in [-0.25, -0.2) is 8.42 Å². The molecule has 0 saturated carbocycles. The fourth-order valence-electron chi connectivity index (χ4n) is 3.12. The van der Waals surface area contributed by atoms with Gasteiger partial charge in [-0.15, -0.1) is 12.4 Å². The third-order valence-corrected chi connectivity index (χ3v) is 5.85. The molecule has 1 heterocycles. The van der Waals surface area contributed by atoms with Crippen molar-refractivity contribution in [3.05, 3.63) is 59.7 Å². The molecule has 0 unspecified atom stereocenters. The van der Waals surface area contributed by atoms with Gasteiger partial charge in [-0.2, -0.15) is 13.2 Å². The molecular weight excluding hydrogens is 401 g/mol. The number of halogens is 4. The predicted molar refractivity (Wildman–Crippen MR) is 101 cm³/mol. The number of benzene rings is 2. The van der Waals surface area contributed by atoms with Crippen LogP contribution in [-0.4, -0.2) is 33.5 Å². The Balaban J connectivity index is 0.00000261. The molecule has 0 aromatic heterocycles. The van der Waals surface area contributed by atoms with Crippen LogP contribution >= 0.6 is 12.4 Å². The van der Waals surface area contributed by atoms with E-state index >= 15 is 0 Å². The van der Waals surface area contributed by atoms with Crippen molar-refractivity contribution in [2.75, 3.05) is 24.9 Å². The predicted octanol–water partition coefficient (Wildman–Crippen LogP) is 4.35. The SMILES string of the molecule is CN1CC[C@@H](c2cccc(NS(=O)(=O)c3cccc(C(F)(F)F)c3)c2)C1.Cl. The lowest BCUT2D eigenvalue weighted by atomic mass is 9.98. The lowest BCUT2D eigenvalue weighted by Crippen LogP contribution is -2.15. The standard InChI is InChI=1S/C18H19F3N2O2S.ClH/c1-23-9-8-14(12-23)13-4-2-6-16(10-13)22-26(24,25)17-7-3-5-15(11-17)18(19,20)21;/h2-7,10-11,14,22H,8-9,12H2,1H3;1H/t14-;/m1./s1. The highest BCUT2D eigenvalue weighted by molar-refractivity contribution is 7.92. The maximum atomic E-state index is 12.8. The summed E-state index contributed by atoms with van der Waals surface area (Å²) in [5.41, 5.74) is 0.358. The number of likely N-dealkylation sites (N-methyl/N-ethyl adjacent to an activating group) is 1. The van der Waals surface area contributed by atoms with Gasteiger partial charge in [-0.1, -0.05) is 18.2 Å². The Bertz CT molecular complexity index is 903. The van der Waals surface area contributed by atoms with Crippen molar-refractivity contribution < 1.29 is 21.6 Å². The van der Waals surface area contributed by atoms with Crippen molar-refractivity contribution >= 4 is 28.1 Å². The normalized spacial score (nSPS) is 18.1. The Morgan fingerprint density at radius 2 is 1.81 bits per heavy atom. The van der Waals surface area contributed by atoms with Crippen LogP contribution < -0.4 is 4.72 Å². The Kier molecular flexibility index (Phi) is 6.44. The number of sulfonamides is 1. The molecule has 2 aromatic rings. The number of alkyl halides is 3. The molecule has 0 spiro atoms. The highest BCUT2D eigenvalue weighted by atomic mass is 35.5. The zero-order valence-corrected chi connectivity index (χ0v) is 16.2. The monoisotopic (exact) mass is 420 g/mol. The van der Waals surface area contributed by atoms with E-state index in [1.807, 2.05) is 13.1 Å². The van der Waals surface area contributed by atoms with Gasteiger partial charge in [0.1, 0.15) is 0 Å². The summed E-state index contributed by atoms with van der Waals surface area (Å²) in [6, 6.07) is 10.7. The molecule has 0 amide bonds. The number of anilines is 1. The summed E-state index contributed by atoms with van der Waals surface area (Å²) in [7, 11) is -2.08. The number of nitrogens with one attached hydrogen (secondary N) is 1. The van der Waals surface area contributed by atoms with Crippen molar-refractivity contribution in [3.8, 4) is 0 Å². The van der Waals surface area contributed by atoms with Crippen LogP contribution in [0.25, 0.3) is 0 Å². The number of hydrogen-bond donors (Lipinski definition) is 1. The Morgan fingerprint density at radius 3 is 2.44 bits per heavy atom. The van der Waals surface area contributed by atoms with Gasteiger partial charge < -0.3 is 4.90 Å². The number of nitrogens with zero attached hydrogens (tertiary/aromatic N) is 1. The summed E-state index contributed by atoms with van der Waals surface area (Å²) in [6.07, 6.45) is -3.61. The molecule has 2 aromatic carbocycles. The van der Waals surface area contributed by atoms with Crippen LogP contribution in [0.15, 0.2) is 53.4 Å². The van der Waals surface area contributed by atoms with Crippen molar-refractivity contribution in [2.45, 2.75) is 23.4 Å². The van der Waals surface area contributed by atoms with E-state index < -0.39 is 26.7 Å². The molecule has 1 saturated heterocycles. The van der Waals surface area contributed by atoms with Gasteiger partial charge in [0, 0.05) is 12.2 Å². The van der Waals surface area contributed by atoms with Gasteiger partial charge in [-0.05, 0) is 61.8 Å². The Hall–Kier alpha value is -1.77. The van der Waals surface area contributed by atoms with Crippen LogP contribution in [0.4, 0.5) is 18.9 Å².